The van der Waals surface area contributed by atoms with Crippen LogP contribution < -0.4 is 0 Å². The Bertz CT molecular complexity index is 270. The molecule has 0 aliphatic carbocycles. The van der Waals surface area contributed by atoms with Crippen molar-refractivity contribution in [1.29, 1.82) is 0 Å². The van der Waals surface area contributed by atoms with Gasteiger partial charge in [-0.15, -0.1) is 0 Å². The normalized spacial score (nSPS) is 20.8. The van der Waals surface area contributed by atoms with E-state index in [1.807, 2.05) is 4.81 Å². The number of carbonyl (C=O) groups is 2. The Kier molecular flexibility index (Phi) is 4.95. The standard InChI is InChI=1S/C10H18BNO4/c1-3-16-10(14)6-9(13)8-4-5-12(7-8)11(2)15/h8,15H,3-7H2,1-2H3. The molecule has 6 heteroatoms. The topological polar surface area (TPSA) is 66.8 Å². The molecule has 5 nitrogen and oxygen atoms in total. The van der Waals surface area contributed by atoms with E-state index >= 15 is 0 Å². The Morgan fingerprint density at radius 1 is 1.56 bits per heavy atom. The lowest BCUT2D eigenvalue weighted by Crippen LogP contribution is -2.35. The highest BCUT2D eigenvalue weighted by Crippen LogP contribution is 2.19. The molecule has 0 aromatic rings. The van der Waals surface area contributed by atoms with Crippen molar-refractivity contribution in [3.05, 3.63) is 0 Å². The van der Waals surface area contributed by atoms with Crippen LogP contribution in [-0.4, -0.2) is 48.3 Å². The molecule has 1 rings (SSSR count). The van der Waals surface area contributed by atoms with Crippen LogP contribution in [0.4, 0.5) is 0 Å². The van der Waals surface area contributed by atoms with Crippen LogP contribution in [0, 0.1) is 5.92 Å². The third-order valence-electron chi connectivity index (χ3n) is 2.83. The fourth-order valence-electron chi connectivity index (χ4n) is 1.89. The van der Waals surface area contributed by atoms with E-state index in [4.69, 9.17) is 4.74 Å². The summed E-state index contributed by atoms with van der Waals surface area (Å²) in [5.74, 6) is -0.677. The van der Waals surface area contributed by atoms with Crippen molar-refractivity contribution in [3.63, 3.8) is 0 Å². The quantitative estimate of drug-likeness (QED) is 0.405. The Balaban J connectivity index is 2.36. The lowest BCUT2D eigenvalue weighted by Gasteiger charge is -2.15. The molecule has 0 bridgehead atoms. The molecule has 0 aromatic heterocycles. The number of esters is 1. The van der Waals surface area contributed by atoms with E-state index in [1.165, 1.54) is 0 Å². The highest BCUT2D eigenvalue weighted by molar-refractivity contribution is 6.45. The number of hydrogen-bond acceptors (Lipinski definition) is 5. The van der Waals surface area contributed by atoms with Gasteiger partial charge in [0.1, 0.15) is 12.2 Å². The van der Waals surface area contributed by atoms with Gasteiger partial charge in [-0.25, -0.2) is 0 Å². The summed E-state index contributed by atoms with van der Waals surface area (Å²) in [5.41, 5.74) is 0. The second kappa shape index (κ2) is 6.01. The first-order valence-electron chi connectivity index (χ1n) is 5.65. The van der Waals surface area contributed by atoms with Gasteiger partial charge in [-0.3, -0.25) is 9.59 Å². The minimum atomic E-state index is -0.527. The van der Waals surface area contributed by atoms with Gasteiger partial charge in [-0.05, 0) is 33.3 Å². The molecule has 1 unspecified atom stereocenters. The van der Waals surface area contributed by atoms with Gasteiger partial charge >= 0.3 is 13.0 Å². The first-order valence-corrected chi connectivity index (χ1v) is 5.65. The highest BCUT2D eigenvalue weighted by Gasteiger charge is 2.32. The molecule has 1 fully saturated rings. The third kappa shape index (κ3) is 3.61. The van der Waals surface area contributed by atoms with E-state index < -0.39 is 13.0 Å². The Morgan fingerprint density at radius 3 is 2.75 bits per heavy atom. The van der Waals surface area contributed by atoms with Gasteiger partial charge < -0.3 is 14.6 Å². The van der Waals surface area contributed by atoms with Gasteiger partial charge in [0, 0.05) is 5.92 Å². The molecule has 1 heterocycles. The van der Waals surface area contributed by atoms with E-state index in [0.717, 1.165) is 0 Å². The van der Waals surface area contributed by atoms with Crippen molar-refractivity contribution in [1.82, 2.24) is 4.81 Å². The summed E-state index contributed by atoms with van der Waals surface area (Å²) in [6, 6.07) is 0. The van der Waals surface area contributed by atoms with Crippen LogP contribution in [0.15, 0.2) is 0 Å². The van der Waals surface area contributed by atoms with Gasteiger partial charge in [0.05, 0.1) is 6.61 Å². The highest BCUT2D eigenvalue weighted by atomic mass is 16.5. The molecule has 1 N–H and O–H groups in total. The minimum Gasteiger partial charge on any atom is -0.466 e. The number of ketones is 1. The summed E-state index contributed by atoms with van der Waals surface area (Å²) >= 11 is 0. The van der Waals surface area contributed by atoms with Crippen LogP contribution in [0.5, 0.6) is 0 Å². The van der Waals surface area contributed by atoms with Crippen molar-refractivity contribution < 1.29 is 19.3 Å². The zero-order valence-corrected chi connectivity index (χ0v) is 9.81. The van der Waals surface area contributed by atoms with E-state index in [0.29, 0.717) is 26.1 Å². The Hall–Kier alpha value is -0.875. The van der Waals surface area contributed by atoms with Crippen LogP contribution >= 0.6 is 0 Å². The first-order chi connectivity index (χ1) is 7.54. The number of nitrogens with zero attached hydrogens (tertiary/aromatic N) is 1. The van der Waals surface area contributed by atoms with Crippen LogP contribution in [0.2, 0.25) is 6.82 Å². The minimum absolute atomic E-state index is 0.0819. The maximum Gasteiger partial charge on any atom is 0.376 e. The molecular weight excluding hydrogens is 209 g/mol. The Morgan fingerprint density at radius 2 is 2.25 bits per heavy atom. The van der Waals surface area contributed by atoms with Gasteiger partial charge in [0.15, 0.2) is 0 Å². The summed E-state index contributed by atoms with van der Waals surface area (Å²) in [5, 5.41) is 9.34. The maximum absolute atomic E-state index is 11.7. The fraction of sp³-hybridized carbons (Fsp3) is 0.800. The summed E-state index contributed by atoms with van der Waals surface area (Å²) in [6.07, 6.45) is 0.565. The van der Waals surface area contributed by atoms with Crippen LogP contribution in [0.25, 0.3) is 0 Å². The van der Waals surface area contributed by atoms with E-state index in [2.05, 4.69) is 0 Å². The maximum atomic E-state index is 11.7. The average Bonchev–Trinajstić information content (AvgIpc) is 2.66. The molecule has 0 saturated carbocycles. The number of Topliss-reactive ketones (excluding diaryl/α,β-unsaturated/α-hetero) is 1. The number of ether oxygens (including phenoxy) is 1. The SMILES string of the molecule is CCOC(=O)CC(=O)C1CCN(B(C)O)C1. The third-order valence-corrected chi connectivity index (χ3v) is 2.83. The van der Waals surface area contributed by atoms with Crippen molar-refractivity contribution in [2.75, 3.05) is 19.7 Å². The van der Waals surface area contributed by atoms with Crippen molar-refractivity contribution in [2.24, 2.45) is 5.92 Å². The van der Waals surface area contributed by atoms with Crippen LogP contribution in [-0.2, 0) is 14.3 Å². The second-order valence-electron chi connectivity index (χ2n) is 4.06. The molecule has 0 radical (unpaired) electrons. The van der Waals surface area contributed by atoms with E-state index in [-0.39, 0.29) is 18.1 Å². The van der Waals surface area contributed by atoms with Gasteiger partial charge in [-0.1, -0.05) is 0 Å². The molecule has 16 heavy (non-hydrogen) atoms. The smallest absolute Gasteiger partial charge is 0.376 e. The molecule has 0 aromatic carbocycles. The van der Waals surface area contributed by atoms with Gasteiger partial charge in [0.2, 0.25) is 0 Å². The van der Waals surface area contributed by atoms with E-state index in [9.17, 15) is 14.6 Å². The molecule has 1 aliphatic rings. The van der Waals surface area contributed by atoms with Gasteiger partial charge in [0.25, 0.3) is 0 Å². The van der Waals surface area contributed by atoms with Crippen molar-refractivity contribution in [3.8, 4) is 0 Å². The molecule has 0 amide bonds. The zero-order chi connectivity index (χ0) is 12.1. The Labute approximate surface area is 95.9 Å². The number of carbonyl (C=O) groups excluding carboxylic acids is 2. The largest absolute Gasteiger partial charge is 0.466 e. The molecule has 1 atom stereocenters. The lowest BCUT2D eigenvalue weighted by atomic mass is 9.85. The second-order valence-corrected chi connectivity index (χ2v) is 4.06. The summed E-state index contributed by atoms with van der Waals surface area (Å²) < 4.78 is 4.72. The molecule has 0 spiro atoms. The zero-order valence-electron chi connectivity index (χ0n) is 9.81. The van der Waals surface area contributed by atoms with E-state index in [1.54, 1.807) is 13.7 Å². The van der Waals surface area contributed by atoms with Crippen molar-refractivity contribution >= 4 is 18.8 Å². The summed E-state index contributed by atoms with van der Waals surface area (Å²) in [4.78, 5) is 24.6. The van der Waals surface area contributed by atoms with Crippen LogP contribution in [0.3, 0.4) is 0 Å². The fourth-order valence-corrected chi connectivity index (χ4v) is 1.89. The van der Waals surface area contributed by atoms with Gasteiger partial charge in [-0.2, -0.15) is 0 Å². The molecule has 90 valence electrons. The summed E-state index contributed by atoms with van der Waals surface area (Å²) in [6.45, 7) is 4.94. The number of rotatable bonds is 5. The predicted octanol–water partition coefficient (Wildman–Crippen LogP) is -0.0591. The number of hydrogen-bond donors (Lipinski definition) is 1. The summed E-state index contributed by atoms with van der Waals surface area (Å²) in [7, 11) is -0.527. The lowest BCUT2D eigenvalue weighted by molar-refractivity contribution is -0.146. The monoisotopic (exact) mass is 227 g/mol. The predicted molar refractivity (Wildman–Crippen MR) is 59.8 cm³/mol. The van der Waals surface area contributed by atoms with Crippen LogP contribution in [0.1, 0.15) is 19.8 Å². The molecule has 1 saturated heterocycles. The van der Waals surface area contributed by atoms with Crippen molar-refractivity contribution in [2.45, 2.75) is 26.6 Å². The average molecular weight is 227 g/mol. The first kappa shape index (κ1) is 13.2. The molecule has 1 aliphatic heterocycles. The molecular formula is C10H18BNO4.